The first-order valence-electron chi connectivity index (χ1n) is 11.0. The molecule has 1 unspecified atom stereocenters. The SMILES string of the molecule is Cc1cc(Nc2nc(NC3CCCC[C@@H]3N)c(F)cc2C(N)=O)cnc1N1CCOCC1. The fraction of sp³-hybridized carbons (Fsp3) is 0.500. The molecule has 32 heavy (non-hydrogen) atoms. The Hall–Kier alpha value is -2.98. The molecule has 1 saturated carbocycles. The number of pyridine rings is 2. The van der Waals surface area contributed by atoms with E-state index in [0.717, 1.165) is 56.2 Å². The molecule has 2 fully saturated rings. The molecule has 2 aliphatic rings. The molecular weight excluding hydrogens is 413 g/mol. The van der Waals surface area contributed by atoms with Crippen molar-refractivity contribution in [2.24, 2.45) is 11.5 Å². The number of aromatic nitrogens is 2. The summed E-state index contributed by atoms with van der Waals surface area (Å²) in [5.74, 6) is -0.302. The number of rotatable bonds is 6. The van der Waals surface area contributed by atoms with Gasteiger partial charge in [-0.05, 0) is 37.5 Å². The van der Waals surface area contributed by atoms with Crippen LogP contribution in [0, 0.1) is 12.7 Å². The maximum atomic E-state index is 14.7. The van der Waals surface area contributed by atoms with Gasteiger partial charge in [-0.2, -0.15) is 0 Å². The van der Waals surface area contributed by atoms with Gasteiger partial charge in [0.2, 0.25) is 0 Å². The first kappa shape index (κ1) is 22.2. The number of ether oxygens (including phenoxy) is 1. The van der Waals surface area contributed by atoms with Crippen LogP contribution in [0.15, 0.2) is 18.3 Å². The van der Waals surface area contributed by atoms with E-state index in [0.29, 0.717) is 18.9 Å². The number of morpholine rings is 1. The highest BCUT2D eigenvalue weighted by atomic mass is 19.1. The van der Waals surface area contributed by atoms with E-state index < -0.39 is 11.7 Å². The molecule has 9 nitrogen and oxygen atoms in total. The second-order valence-electron chi connectivity index (χ2n) is 8.37. The van der Waals surface area contributed by atoms with Crippen molar-refractivity contribution in [3.8, 4) is 0 Å². The van der Waals surface area contributed by atoms with Crippen LogP contribution in [0.1, 0.15) is 41.6 Å². The molecule has 1 aliphatic carbocycles. The van der Waals surface area contributed by atoms with Crippen LogP contribution in [0.3, 0.4) is 0 Å². The van der Waals surface area contributed by atoms with E-state index in [1.165, 1.54) is 0 Å². The summed E-state index contributed by atoms with van der Waals surface area (Å²) in [6.45, 7) is 4.87. The average Bonchev–Trinajstić information content (AvgIpc) is 2.78. The smallest absolute Gasteiger partial charge is 0.252 e. The lowest BCUT2D eigenvalue weighted by Crippen LogP contribution is -2.43. The topological polar surface area (TPSA) is 131 Å². The molecule has 6 N–H and O–H groups in total. The third-order valence-electron chi connectivity index (χ3n) is 6.01. The van der Waals surface area contributed by atoms with E-state index in [4.69, 9.17) is 16.2 Å². The van der Waals surface area contributed by atoms with Crippen LogP contribution in [0.5, 0.6) is 0 Å². The molecular formula is C22H30FN7O2. The van der Waals surface area contributed by atoms with E-state index in [2.05, 4.69) is 25.5 Å². The van der Waals surface area contributed by atoms with Crippen LogP contribution in [-0.2, 0) is 4.74 Å². The van der Waals surface area contributed by atoms with Crippen molar-refractivity contribution in [1.82, 2.24) is 9.97 Å². The Morgan fingerprint density at radius 1 is 1.22 bits per heavy atom. The Bertz CT molecular complexity index is 981. The highest BCUT2D eigenvalue weighted by molar-refractivity contribution is 5.98. The quantitative estimate of drug-likeness (QED) is 0.535. The largest absolute Gasteiger partial charge is 0.378 e. The lowest BCUT2D eigenvalue weighted by molar-refractivity contribution is 0.100. The summed E-state index contributed by atoms with van der Waals surface area (Å²) in [4.78, 5) is 23.0. The molecule has 4 rings (SSSR count). The second-order valence-corrected chi connectivity index (χ2v) is 8.37. The number of aryl methyl sites for hydroxylation is 1. The van der Waals surface area contributed by atoms with Gasteiger partial charge in [-0.25, -0.2) is 14.4 Å². The molecule has 2 aromatic heterocycles. The molecule has 3 heterocycles. The number of nitrogens with two attached hydrogens (primary N) is 2. The molecule has 2 aromatic rings. The molecule has 1 saturated heterocycles. The minimum Gasteiger partial charge on any atom is -0.378 e. The number of amides is 1. The van der Waals surface area contributed by atoms with Crippen molar-refractivity contribution in [2.45, 2.75) is 44.7 Å². The summed E-state index contributed by atoms with van der Waals surface area (Å²) < 4.78 is 20.1. The zero-order valence-electron chi connectivity index (χ0n) is 18.2. The van der Waals surface area contributed by atoms with Gasteiger partial charge in [0.1, 0.15) is 11.6 Å². The number of primary amides is 1. The Morgan fingerprint density at radius 3 is 2.66 bits per heavy atom. The van der Waals surface area contributed by atoms with Crippen LogP contribution in [-0.4, -0.2) is 54.3 Å². The fourth-order valence-corrected chi connectivity index (χ4v) is 4.27. The molecule has 0 radical (unpaired) electrons. The minimum absolute atomic E-state index is 0.0316. The fourth-order valence-electron chi connectivity index (χ4n) is 4.27. The van der Waals surface area contributed by atoms with Gasteiger partial charge in [0, 0.05) is 25.2 Å². The summed E-state index contributed by atoms with van der Waals surface area (Å²) in [5.41, 5.74) is 13.2. The Labute approximate surface area is 186 Å². The molecule has 1 aliphatic heterocycles. The minimum atomic E-state index is -0.769. The van der Waals surface area contributed by atoms with E-state index in [9.17, 15) is 9.18 Å². The van der Waals surface area contributed by atoms with E-state index >= 15 is 0 Å². The maximum Gasteiger partial charge on any atom is 0.252 e. The van der Waals surface area contributed by atoms with Crippen LogP contribution in [0.4, 0.5) is 27.5 Å². The number of nitrogens with one attached hydrogen (secondary N) is 2. The van der Waals surface area contributed by atoms with Gasteiger partial charge >= 0.3 is 0 Å². The number of anilines is 4. The molecule has 10 heteroatoms. The van der Waals surface area contributed by atoms with Crippen molar-refractivity contribution in [3.05, 3.63) is 35.3 Å². The predicted molar refractivity (Wildman–Crippen MR) is 122 cm³/mol. The van der Waals surface area contributed by atoms with Gasteiger partial charge in [0.25, 0.3) is 5.91 Å². The molecule has 172 valence electrons. The van der Waals surface area contributed by atoms with Gasteiger partial charge in [0.15, 0.2) is 11.6 Å². The lowest BCUT2D eigenvalue weighted by Gasteiger charge is -2.30. The van der Waals surface area contributed by atoms with E-state index in [1.54, 1.807) is 6.20 Å². The number of halogens is 1. The molecule has 2 atom stereocenters. The number of nitrogens with zero attached hydrogens (tertiary/aromatic N) is 3. The maximum absolute atomic E-state index is 14.7. The van der Waals surface area contributed by atoms with Crippen molar-refractivity contribution < 1.29 is 13.9 Å². The normalized spacial score (nSPS) is 21.3. The van der Waals surface area contributed by atoms with Crippen LogP contribution < -0.4 is 27.0 Å². The van der Waals surface area contributed by atoms with Gasteiger partial charge < -0.3 is 31.7 Å². The molecule has 0 aromatic carbocycles. The molecule has 0 spiro atoms. The van der Waals surface area contributed by atoms with Crippen molar-refractivity contribution in [2.75, 3.05) is 41.8 Å². The van der Waals surface area contributed by atoms with Gasteiger partial charge in [-0.3, -0.25) is 4.79 Å². The predicted octanol–water partition coefficient (Wildman–Crippen LogP) is 2.29. The Morgan fingerprint density at radius 2 is 1.97 bits per heavy atom. The monoisotopic (exact) mass is 443 g/mol. The van der Waals surface area contributed by atoms with Gasteiger partial charge in [-0.1, -0.05) is 12.8 Å². The third kappa shape index (κ3) is 4.91. The second kappa shape index (κ2) is 9.66. The van der Waals surface area contributed by atoms with Crippen LogP contribution in [0.2, 0.25) is 0 Å². The van der Waals surface area contributed by atoms with Gasteiger partial charge in [-0.15, -0.1) is 0 Å². The number of carbonyl (C=O) groups excluding carboxylic acids is 1. The van der Waals surface area contributed by atoms with E-state index in [1.807, 2.05) is 13.0 Å². The number of hydrogen-bond acceptors (Lipinski definition) is 8. The lowest BCUT2D eigenvalue weighted by atomic mass is 9.91. The van der Waals surface area contributed by atoms with Crippen LogP contribution >= 0.6 is 0 Å². The zero-order valence-corrected chi connectivity index (χ0v) is 18.2. The number of hydrogen-bond donors (Lipinski definition) is 4. The number of carbonyl (C=O) groups is 1. The summed E-state index contributed by atoms with van der Waals surface area (Å²) in [5, 5.41) is 6.20. The van der Waals surface area contributed by atoms with Gasteiger partial charge in [0.05, 0.1) is 30.7 Å². The van der Waals surface area contributed by atoms with E-state index in [-0.39, 0.29) is 29.3 Å². The van der Waals surface area contributed by atoms with Crippen LogP contribution in [0.25, 0.3) is 0 Å². The first-order chi connectivity index (χ1) is 15.4. The molecule has 0 bridgehead atoms. The summed E-state index contributed by atoms with van der Waals surface area (Å²) >= 11 is 0. The molecule has 1 amide bonds. The summed E-state index contributed by atoms with van der Waals surface area (Å²) in [6.07, 6.45) is 5.48. The Kier molecular flexibility index (Phi) is 6.71. The highest BCUT2D eigenvalue weighted by Gasteiger charge is 2.24. The average molecular weight is 444 g/mol. The highest BCUT2D eigenvalue weighted by Crippen LogP contribution is 2.28. The standard InChI is InChI=1S/C22H30FN7O2/c1-13-10-14(12-26-22(13)30-6-8-32-9-7-30)27-20-15(19(25)31)11-16(23)21(29-20)28-18-5-3-2-4-17(18)24/h10-12,17-18H,2-9,24H2,1H3,(H2,25,31)(H2,27,28,29)/t17-,18?/m0/s1. The zero-order chi connectivity index (χ0) is 22.7. The Balaban J connectivity index is 1.59. The van der Waals surface area contributed by atoms with Crippen molar-refractivity contribution in [1.29, 1.82) is 0 Å². The van der Waals surface area contributed by atoms with Crippen molar-refractivity contribution >= 4 is 29.0 Å². The third-order valence-corrected chi connectivity index (χ3v) is 6.01. The summed E-state index contributed by atoms with van der Waals surface area (Å²) in [6, 6.07) is 2.88. The first-order valence-corrected chi connectivity index (χ1v) is 11.0. The van der Waals surface area contributed by atoms with Crippen molar-refractivity contribution in [3.63, 3.8) is 0 Å². The summed E-state index contributed by atoms with van der Waals surface area (Å²) in [7, 11) is 0.